The number of thiophene rings is 1. The van der Waals surface area contributed by atoms with E-state index in [0.717, 1.165) is 0 Å². The number of fused-ring (bicyclic) bond motifs is 3. The average Bonchev–Trinajstić information content (AvgIpc) is 3.03. The van der Waals surface area contributed by atoms with Crippen LogP contribution >= 0.6 is 11.3 Å². The fourth-order valence-electron chi connectivity index (χ4n) is 2.75. The van der Waals surface area contributed by atoms with Crippen LogP contribution in [-0.2, 0) is 0 Å². The molecule has 0 fully saturated rings. The van der Waals surface area contributed by atoms with Gasteiger partial charge < -0.3 is 10.1 Å². The Labute approximate surface area is 151 Å². The van der Waals surface area contributed by atoms with Gasteiger partial charge in [0.1, 0.15) is 39.3 Å². The lowest BCUT2D eigenvalue weighted by Gasteiger charge is -2.08. The summed E-state index contributed by atoms with van der Waals surface area (Å²) in [5.41, 5.74) is 0.266. The molecule has 4 aromatic rings. The van der Waals surface area contributed by atoms with E-state index >= 15 is 0 Å². The molecule has 0 aliphatic rings. The van der Waals surface area contributed by atoms with Crippen molar-refractivity contribution in [1.29, 1.82) is 0 Å². The van der Waals surface area contributed by atoms with Crippen molar-refractivity contribution in [1.82, 2.24) is 19.5 Å². The molecule has 26 heavy (non-hydrogen) atoms. The maximum atomic E-state index is 14.4. The number of halogens is 1. The van der Waals surface area contributed by atoms with Crippen molar-refractivity contribution < 1.29 is 9.13 Å². The number of nitrogens with zero attached hydrogens (tertiary/aromatic N) is 4. The van der Waals surface area contributed by atoms with Crippen LogP contribution < -0.4 is 15.6 Å². The first-order valence-electron chi connectivity index (χ1n) is 7.86. The van der Waals surface area contributed by atoms with Gasteiger partial charge in [-0.1, -0.05) is 0 Å². The third-order valence-corrected chi connectivity index (χ3v) is 5.01. The molecule has 3 heterocycles. The molecule has 0 aliphatic heterocycles. The Morgan fingerprint density at radius 3 is 2.88 bits per heavy atom. The van der Waals surface area contributed by atoms with Crippen molar-refractivity contribution in [2.75, 3.05) is 19.0 Å². The van der Waals surface area contributed by atoms with Crippen LogP contribution in [0.3, 0.4) is 0 Å². The van der Waals surface area contributed by atoms with E-state index in [-0.39, 0.29) is 11.2 Å². The Hall–Kier alpha value is -3.07. The number of rotatable bonds is 4. The maximum Gasteiger partial charge on any atom is 0.276 e. The SMILES string of the molecule is CCNc1ncnc2sc3c(=O)n(-c4ccc(OC)cc4F)cnc3c12. The van der Waals surface area contributed by atoms with Gasteiger partial charge in [-0.2, -0.15) is 0 Å². The van der Waals surface area contributed by atoms with Crippen molar-refractivity contribution in [2.24, 2.45) is 0 Å². The molecule has 0 bridgehead atoms. The highest BCUT2D eigenvalue weighted by molar-refractivity contribution is 7.25. The molecule has 4 rings (SSSR count). The highest BCUT2D eigenvalue weighted by Crippen LogP contribution is 2.33. The van der Waals surface area contributed by atoms with E-state index in [4.69, 9.17) is 4.74 Å². The van der Waals surface area contributed by atoms with E-state index in [1.165, 1.54) is 47.8 Å². The quantitative estimate of drug-likeness (QED) is 0.594. The molecule has 0 radical (unpaired) electrons. The number of benzene rings is 1. The highest BCUT2D eigenvalue weighted by atomic mass is 32.1. The molecule has 0 aliphatic carbocycles. The molecule has 3 aromatic heterocycles. The fourth-order valence-corrected chi connectivity index (χ4v) is 3.77. The zero-order chi connectivity index (χ0) is 18.3. The van der Waals surface area contributed by atoms with Crippen LogP contribution in [0.2, 0.25) is 0 Å². The second-order valence-corrected chi connectivity index (χ2v) is 6.45. The van der Waals surface area contributed by atoms with E-state index in [1.807, 2.05) is 6.92 Å². The summed E-state index contributed by atoms with van der Waals surface area (Å²) in [5.74, 6) is 0.437. The van der Waals surface area contributed by atoms with Gasteiger partial charge in [0, 0.05) is 12.6 Å². The van der Waals surface area contributed by atoms with Crippen molar-refractivity contribution >= 4 is 37.6 Å². The molecule has 9 heteroatoms. The van der Waals surface area contributed by atoms with Gasteiger partial charge in [-0.3, -0.25) is 9.36 Å². The molecule has 0 amide bonds. The lowest BCUT2D eigenvalue weighted by atomic mass is 10.2. The summed E-state index contributed by atoms with van der Waals surface area (Å²) < 4.78 is 21.0. The van der Waals surface area contributed by atoms with Crippen LogP contribution in [0, 0.1) is 5.82 Å². The second-order valence-electron chi connectivity index (χ2n) is 5.45. The first-order chi connectivity index (χ1) is 12.6. The van der Waals surface area contributed by atoms with Crippen LogP contribution in [-0.4, -0.2) is 33.2 Å². The van der Waals surface area contributed by atoms with Gasteiger partial charge in [0.2, 0.25) is 0 Å². The standard InChI is InChI=1S/C17H14FN5O2S/c1-3-19-15-12-13-14(26-16(12)21-7-20-15)17(24)23(8-22-13)11-5-4-9(25-2)6-10(11)18/h4-8H,3H2,1-2H3,(H,19,20,21). The summed E-state index contributed by atoms with van der Waals surface area (Å²) in [6, 6.07) is 4.31. The number of nitrogens with one attached hydrogen (secondary N) is 1. The average molecular weight is 371 g/mol. The summed E-state index contributed by atoms with van der Waals surface area (Å²) >= 11 is 1.22. The molecule has 7 nitrogen and oxygen atoms in total. The van der Waals surface area contributed by atoms with Crippen molar-refractivity contribution in [3.63, 3.8) is 0 Å². The van der Waals surface area contributed by atoms with Crippen molar-refractivity contribution in [3.8, 4) is 11.4 Å². The molecular weight excluding hydrogens is 357 g/mol. The molecule has 1 N–H and O–H groups in total. The van der Waals surface area contributed by atoms with Gasteiger partial charge in [0.05, 0.1) is 18.2 Å². The predicted octanol–water partition coefficient (Wildman–Crippen LogP) is 2.97. The van der Waals surface area contributed by atoms with E-state index in [9.17, 15) is 9.18 Å². The number of ether oxygens (including phenoxy) is 1. The third kappa shape index (κ3) is 2.48. The van der Waals surface area contributed by atoms with Gasteiger partial charge in [-0.25, -0.2) is 19.3 Å². The van der Waals surface area contributed by atoms with Gasteiger partial charge in [0.25, 0.3) is 5.56 Å². The largest absolute Gasteiger partial charge is 0.497 e. The van der Waals surface area contributed by atoms with E-state index in [2.05, 4.69) is 20.3 Å². The van der Waals surface area contributed by atoms with Crippen molar-refractivity contribution in [2.45, 2.75) is 6.92 Å². The Bertz CT molecular complexity index is 1190. The smallest absolute Gasteiger partial charge is 0.276 e. The number of aromatic nitrogens is 4. The summed E-state index contributed by atoms with van der Waals surface area (Å²) in [6.45, 7) is 2.63. The minimum Gasteiger partial charge on any atom is -0.497 e. The maximum absolute atomic E-state index is 14.4. The molecular formula is C17H14FN5O2S. The van der Waals surface area contributed by atoms with Gasteiger partial charge >= 0.3 is 0 Å². The summed E-state index contributed by atoms with van der Waals surface area (Å²) in [7, 11) is 1.45. The molecule has 1 aromatic carbocycles. The zero-order valence-corrected chi connectivity index (χ0v) is 14.8. The molecule has 0 atom stereocenters. The Balaban J connectivity index is 1.98. The van der Waals surface area contributed by atoms with E-state index < -0.39 is 5.82 Å². The lowest BCUT2D eigenvalue weighted by Crippen LogP contribution is -2.18. The van der Waals surface area contributed by atoms with Crippen molar-refractivity contribution in [3.05, 3.63) is 47.0 Å². The Kier molecular flexibility index (Phi) is 4.00. The number of hydrogen-bond acceptors (Lipinski definition) is 7. The van der Waals surface area contributed by atoms with Gasteiger partial charge in [-0.05, 0) is 19.1 Å². The van der Waals surface area contributed by atoms with Crippen LogP contribution in [0.4, 0.5) is 10.2 Å². The topological polar surface area (TPSA) is 81.9 Å². The van der Waals surface area contributed by atoms with Crippen LogP contribution in [0.1, 0.15) is 6.92 Å². The van der Waals surface area contributed by atoms with E-state index in [1.54, 1.807) is 6.07 Å². The second kappa shape index (κ2) is 6.34. The molecule has 0 saturated heterocycles. The molecule has 132 valence electrons. The minimum absolute atomic E-state index is 0.112. The summed E-state index contributed by atoms with van der Waals surface area (Å²) in [5, 5.41) is 3.85. The van der Waals surface area contributed by atoms with Crippen LogP contribution in [0.5, 0.6) is 5.75 Å². The first-order valence-corrected chi connectivity index (χ1v) is 8.68. The monoisotopic (exact) mass is 371 g/mol. The Morgan fingerprint density at radius 1 is 1.31 bits per heavy atom. The number of hydrogen-bond donors (Lipinski definition) is 1. The summed E-state index contributed by atoms with van der Waals surface area (Å²) in [6.07, 6.45) is 2.77. The van der Waals surface area contributed by atoms with Gasteiger partial charge in [0.15, 0.2) is 5.82 Å². The normalized spacial score (nSPS) is 11.2. The zero-order valence-electron chi connectivity index (χ0n) is 14.0. The highest BCUT2D eigenvalue weighted by Gasteiger charge is 2.18. The number of methoxy groups -OCH3 is 1. The van der Waals surface area contributed by atoms with Crippen LogP contribution in [0.25, 0.3) is 26.1 Å². The summed E-state index contributed by atoms with van der Waals surface area (Å²) in [4.78, 5) is 26.4. The molecule has 0 unspecified atom stereocenters. The molecule has 0 saturated carbocycles. The fraction of sp³-hybridized carbons (Fsp3) is 0.176. The van der Waals surface area contributed by atoms with E-state index in [0.29, 0.717) is 38.5 Å². The number of anilines is 1. The predicted molar refractivity (Wildman–Crippen MR) is 99.0 cm³/mol. The third-order valence-electron chi connectivity index (χ3n) is 3.94. The molecule has 0 spiro atoms. The minimum atomic E-state index is -0.568. The van der Waals surface area contributed by atoms with Gasteiger partial charge in [-0.15, -0.1) is 11.3 Å². The lowest BCUT2D eigenvalue weighted by molar-refractivity contribution is 0.411. The first kappa shape index (κ1) is 16.4. The Morgan fingerprint density at radius 2 is 2.15 bits per heavy atom. The van der Waals surface area contributed by atoms with Crippen LogP contribution in [0.15, 0.2) is 35.6 Å².